The highest BCUT2D eigenvalue weighted by Gasteiger charge is 2.45. The zero-order chi connectivity index (χ0) is 17.9. The lowest BCUT2D eigenvalue weighted by Crippen LogP contribution is -2.31. The van der Waals surface area contributed by atoms with E-state index in [0.717, 1.165) is 18.6 Å². The van der Waals surface area contributed by atoms with Gasteiger partial charge in [0.05, 0.1) is 25.0 Å². The number of fused-ring (bicyclic) bond motifs is 1. The maximum atomic E-state index is 12.5. The maximum absolute atomic E-state index is 12.5. The summed E-state index contributed by atoms with van der Waals surface area (Å²) >= 11 is 0. The minimum atomic E-state index is -0.101. The molecule has 4 rings (SSSR count). The molecule has 3 atom stereocenters. The third-order valence-corrected chi connectivity index (χ3v) is 5.22. The number of ether oxygens (including phenoxy) is 2. The average Bonchev–Trinajstić information content (AvgIpc) is 3.35. The minimum absolute atomic E-state index is 0.101. The lowest BCUT2D eigenvalue weighted by Gasteiger charge is -2.18. The number of amides is 1. The molecule has 0 radical (unpaired) electrons. The van der Waals surface area contributed by atoms with Crippen molar-refractivity contribution in [3.8, 4) is 0 Å². The molecule has 0 unspecified atom stereocenters. The average molecular weight is 357 g/mol. The molecule has 7 nitrogen and oxygen atoms in total. The third kappa shape index (κ3) is 3.64. The molecule has 0 saturated carbocycles. The zero-order valence-corrected chi connectivity index (χ0v) is 14.8. The molecule has 0 bridgehead atoms. The van der Waals surface area contributed by atoms with Crippen molar-refractivity contribution < 1.29 is 18.8 Å². The van der Waals surface area contributed by atoms with Crippen molar-refractivity contribution in [2.24, 2.45) is 11.8 Å². The van der Waals surface area contributed by atoms with Gasteiger partial charge < -0.3 is 18.9 Å². The first-order chi connectivity index (χ1) is 12.7. The maximum Gasteiger partial charge on any atom is 0.292 e. The van der Waals surface area contributed by atoms with E-state index in [2.05, 4.69) is 10.1 Å². The molecule has 2 aromatic rings. The number of nitrogens with zero attached hydrogens (tertiary/aromatic N) is 3. The first-order valence-electron chi connectivity index (χ1n) is 9.01. The molecular weight excluding hydrogens is 334 g/mol. The summed E-state index contributed by atoms with van der Waals surface area (Å²) in [5, 5.41) is 3.80. The zero-order valence-electron chi connectivity index (χ0n) is 14.8. The Morgan fingerprint density at radius 1 is 1.35 bits per heavy atom. The predicted octanol–water partition coefficient (Wildman–Crippen LogP) is 2.07. The summed E-state index contributed by atoms with van der Waals surface area (Å²) in [5.74, 6) is 0.996. The highest BCUT2D eigenvalue weighted by Crippen LogP contribution is 2.36. The fraction of sp³-hybridized carbons (Fsp3) is 0.526. The van der Waals surface area contributed by atoms with Gasteiger partial charge >= 0.3 is 0 Å². The molecule has 0 aliphatic carbocycles. The van der Waals surface area contributed by atoms with Gasteiger partial charge in [-0.1, -0.05) is 5.16 Å². The van der Waals surface area contributed by atoms with E-state index in [1.54, 1.807) is 18.5 Å². The Kier molecular flexibility index (Phi) is 4.99. The monoisotopic (exact) mass is 357 g/mol. The molecular formula is C19H23N3O4. The van der Waals surface area contributed by atoms with Crippen molar-refractivity contribution in [1.82, 2.24) is 15.0 Å². The van der Waals surface area contributed by atoms with Crippen molar-refractivity contribution in [1.29, 1.82) is 0 Å². The number of hydrogen-bond acceptors (Lipinski definition) is 6. The van der Waals surface area contributed by atoms with E-state index in [9.17, 15) is 4.79 Å². The lowest BCUT2D eigenvalue weighted by molar-refractivity contribution is 0.0618. The Labute approximate surface area is 152 Å². The summed E-state index contributed by atoms with van der Waals surface area (Å²) in [6, 6.07) is 5.60. The number of hydrogen-bond donors (Lipinski definition) is 0. The molecule has 4 heterocycles. The number of pyridine rings is 1. The van der Waals surface area contributed by atoms with Gasteiger partial charge in [-0.05, 0) is 37.0 Å². The molecule has 0 aromatic carbocycles. The topological polar surface area (TPSA) is 77.7 Å². The van der Waals surface area contributed by atoms with E-state index in [1.165, 1.54) is 0 Å². The molecule has 7 heteroatoms. The van der Waals surface area contributed by atoms with Crippen LogP contribution in [0.2, 0.25) is 0 Å². The van der Waals surface area contributed by atoms with Gasteiger partial charge in [0, 0.05) is 44.1 Å². The molecule has 2 aliphatic rings. The van der Waals surface area contributed by atoms with Crippen LogP contribution in [0.25, 0.3) is 0 Å². The van der Waals surface area contributed by atoms with Crippen molar-refractivity contribution in [2.45, 2.75) is 26.1 Å². The van der Waals surface area contributed by atoms with E-state index in [-0.39, 0.29) is 12.0 Å². The first-order valence-corrected chi connectivity index (χ1v) is 9.01. The largest absolute Gasteiger partial charge is 0.377 e. The number of rotatable bonds is 6. The van der Waals surface area contributed by atoms with E-state index in [4.69, 9.17) is 14.0 Å². The van der Waals surface area contributed by atoms with Gasteiger partial charge in [0.15, 0.2) is 0 Å². The van der Waals surface area contributed by atoms with Gasteiger partial charge in [-0.15, -0.1) is 0 Å². The Hall–Kier alpha value is -2.25. The quantitative estimate of drug-likeness (QED) is 0.737. The van der Waals surface area contributed by atoms with Crippen LogP contribution in [0.3, 0.4) is 0 Å². The summed E-state index contributed by atoms with van der Waals surface area (Å²) in [6.07, 6.45) is 4.60. The second-order valence-corrected chi connectivity index (χ2v) is 7.04. The van der Waals surface area contributed by atoms with E-state index in [0.29, 0.717) is 49.6 Å². The first kappa shape index (κ1) is 17.2. The molecule has 0 spiro atoms. The van der Waals surface area contributed by atoms with Gasteiger partial charge in [-0.25, -0.2) is 0 Å². The summed E-state index contributed by atoms with van der Waals surface area (Å²) < 4.78 is 16.8. The van der Waals surface area contributed by atoms with Crippen molar-refractivity contribution in [3.05, 3.63) is 47.6 Å². The van der Waals surface area contributed by atoms with Crippen LogP contribution in [0.1, 0.15) is 28.2 Å². The molecule has 26 heavy (non-hydrogen) atoms. The van der Waals surface area contributed by atoms with Crippen LogP contribution < -0.4 is 0 Å². The summed E-state index contributed by atoms with van der Waals surface area (Å²) in [5.41, 5.74) is 1.84. The van der Waals surface area contributed by atoms with Gasteiger partial charge in [0.25, 0.3) is 5.91 Å². The van der Waals surface area contributed by atoms with Crippen molar-refractivity contribution >= 4 is 5.91 Å². The lowest BCUT2D eigenvalue weighted by atomic mass is 9.91. The Balaban J connectivity index is 1.26. The normalized spacial score (nSPS) is 24.8. The van der Waals surface area contributed by atoms with Crippen LogP contribution in [0, 0.1) is 18.8 Å². The van der Waals surface area contributed by atoms with Gasteiger partial charge in [-0.3, -0.25) is 9.78 Å². The Morgan fingerprint density at radius 3 is 2.96 bits per heavy atom. The summed E-state index contributed by atoms with van der Waals surface area (Å²) in [4.78, 5) is 18.3. The highest BCUT2D eigenvalue weighted by atomic mass is 16.5. The predicted molar refractivity (Wildman–Crippen MR) is 92.4 cm³/mol. The number of carbonyl (C=O) groups excluding carboxylic acids is 1. The Bertz CT molecular complexity index is 748. The number of aromatic nitrogens is 2. The van der Waals surface area contributed by atoms with Crippen molar-refractivity contribution in [2.75, 3.05) is 26.3 Å². The summed E-state index contributed by atoms with van der Waals surface area (Å²) in [6.45, 7) is 5.17. The Morgan fingerprint density at radius 2 is 2.19 bits per heavy atom. The van der Waals surface area contributed by atoms with Gasteiger partial charge in [0.1, 0.15) is 0 Å². The minimum Gasteiger partial charge on any atom is -0.377 e. The van der Waals surface area contributed by atoms with E-state index in [1.807, 2.05) is 24.0 Å². The van der Waals surface area contributed by atoms with Crippen molar-refractivity contribution in [3.63, 3.8) is 0 Å². The van der Waals surface area contributed by atoms with Crippen LogP contribution >= 0.6 is 0 Å². The fourth-order valence-corrected chi connectivity index (χ4v) is 3.79. The van der Waals surface area contributed by atoms with Crippen LogP contribution in [0.15, 0.2) is 35.1 Å². The van der Waals surface area contributed by atoms with Crippen LogP contribution in [-0.2, 0) is 16.1 Å². The SMILES string of the molecule is Cc1cc(C(=O)N2C[C@H]3[C@@H](CCOCc4ccncc4)CO[C@H]3C2)on1. The number of likely N-dealkylation sites (tertiary alicyclic amines) is 1. The van der Waals surface area contributed by atoms with Crippen LogP contribution in [0.4, 0.5) is 0 Å². The summed E-state index contributed by atoms with van der Waals surface area (Å²) in [7, 11) is 0. The second-order valence-electron chi connectivity index (χ2n) is 7.04. The van der Waals surface area contributed by atoms with E-state index < -0.39 is 0 Å². The van der Waals surface area contributed by atoms with Gasteiger partial charge in [0.2, 0.25) is 5.76 Å². The molecule has 2 aromatic heterocycles. The highest BCUT2D eigenvalue weighted by molar-refractivity contribution is 5.91. The molecule has 0 N–H and O–H groups in total. The molecule has 2 aliphatic heterocycles. The second kappa shape index (κ2) is 7.55. The molecule has 1 amide bonds. The standard InChI is InChI=1S/C19H23N3O4/c1-13-8-17(26-21-13)19(23)22-9-16-15(12-25-18(16)10-22)4-7-24-11-14-2-5-20-6-3-14/h2-3,5-6,8,15-16,18H,4,7,9-12H2,1H3/t15-,16-,18-/m0/s1. The van der Waals surface area contributed by atoms with Crippen LogP contribution in [0.5, 0.6) is 0 Å². The van der Waals surface area contributed by atoms with Gasteiger partial charge in [-0.2, -0.15) is 0 Å². The molecule has 138 valence electrons. The smallest absolute Gasteiger partial charge is 0.292 e. The third-order valence-electron chi connectivity index (χ3n) is 5.22. The van der Waals surface area contributed by atoms with Crippen LogP contribution in [-0.4, -0.2) is 53.4 Å². The van der Waals surface area contributed by atoms with E-state index >= 15 is 0 Å². The number of carbonyl (C=O) groups is 1. The fourth-order valence-electron chi connectivity index (χ4n) is 3.79. The number of aryl methyl sites for hydroxylation is 1. The molecule has 2 saturated heterocycles. The molecule has 2 fully saturated rings.